The quantitative estimate of drug-likeness (QED) is 0.484. The van der Waals surface area contributed by atoms with Gasteiger partial charge in [-0.2, -0.15) is 17.9 Å². The van der Waals surface area contributed by atoms with Crippen molar-refractivity contribution in [3.63, 3.8) is 0 Å². The largest absolute Gasteiger partial charge is 0.494 e. The van der Waals surface area contributed by atoms with E-state index in [-0.39, 0.29) is 6.04 Å². The van der Waals surface area contributed by atoms with Crippen LogP contribution >= 0.6 is 11.8 Å². The van der Waals surface area contributed by atoms with Crippen molar-refractivity contribution in [1.29, 1.82) is 0 Å². The third-order valence-corrected chi connectivity index (χ3v) is 4.69. The van der Waals surface area contributed by atoms with Crippen LogP contribution in [0.3, 0.4) is 0 Å². The molecule has 0 bridgehead atoms. The lowest BCUT2D eigenvalue weighted by Crippen LogP contribution is -2.39. The van der Waals surface area contributed by atoms with E-state index in [1.165, 1.54) is 16.7 Å². The molecule has 10 heteroatoms. The normalized spacial score (nSPS) is 12.2. The summed E-state index contributed by atoms with van der Waals surface area (Å²) >= 11 is 1.40. The van der Waals surface area contributed by atoms with Crippen molar-refractivity contribution in [2.45, 2.75) is 37.6 Å². The fourth-order valence-electron chi connectivity index (χ4n) is 2.41. The molecule has 1 aromatic carbocycles. The van der Waals surface area contributed by atoms with E-state index in [9.17, 15) is 13.2 Å². The molecule has 0 radical (unpaired) electrons. The number of alkyl halides is 3. The molecule has 0 saturated heterocycles. The number of thioether (sulfide) groups is 1. The van der Waals surface area contributed by atoms with Gasteiger partial charge in [0.2, 0.25) is 5.16 Å². The molecule has 6 nitrogen and oxygen atoms in total. The highest BCUT2D eigenvalue weighted by molar-refractivity contribution is 7.99. The van der Waals surface area contributed by atoms with Crippen LogP contribution in [0.4, 0.5) is 13.2 Å². The molecule has 0 fully saturated rings. The average molecular weight is 389 g/mol. The zero-order valence-corrected chi connectivity index (χ0v) is 15.7. The molecule has 144 valence electrons. The van der Waals surface area contributed by atoms with Crippen LogP contribution in [0.5, 0.6) is 5.75 Å². The van der Waals surface area contributed by atoms with Crippen molar-refractivity contribution < 1.29 is 17.9 Å². The summed E-state index contributed by atoms with van der Waals surface area (Å²) in [5.41, 5.74) is 0.711. The maximum Gasteiger partial charge on any atom is 0.401 e. The summed E-state index contributed by atoms with van der Waals surface area (Å²) in [6.07, 6.45) is -3.59. The van der Waals surface area contributed by atoms with Gasteiger partial charge in [0, 0.05) is 11.8 Å². The minimum Gasteiger partial charge on any atom is -0.494 e. The van der Waals surface area contributed by atoms with Crippen LogP contribution in [-0.2, 0) is 0 Å². The molecule has 26 heavy (non-hydrogen) atoms. The number of hydrogen-bond acceptors (Lipinski definition) is 6. The van der Waals surface area contributed by atoms with Gasteiger partial charge < -0.3 is 4.74 Å². The zero-order chi connectivity index (χ0) is 19.2. The number of halogens is 3. The number of aromatic nitrogens is 4. The van der Waals surface area contributed by atoms with Crippen LogP contribution in [-0.4, -0.2) is 63.3 Å². The predicted octanol–water partition coefficient (Wildman–Crippen LogP) is 3.43. The lowest BCUT2D eigenvalue weighted by atomic mass is 10.3. The molecule has 0 N–H and O–H groups in total. The maximum atomic E-state index is 12.6. The number of tetrazole rings is 1. The van der Waals surface area contributed by atoms with Gasteiger partial charge in [-0.05, 0) is 49.4 Å². The van der Waals surface area contributed by atoms with E-state index < -0.39 is 12.7 Å². The Kier molecular flexibility index (Phi) is 7.27. The van der Waals surface area contributed by atoms with Crippen molar-refractivity contribution in [2.24, 2.45) is 0 Å². The van der Waals surface area contributed by atoms with E-state index in [1.54, 1.807) is 25.6 Å². The highest BCUT2D eigenvalue weighted by Gasteiger charge is 2.31. The number of hydrogen-bond donors (Lipinski definition) is 0. The third-order valence-electron chi connectivity index (χ3n) is 3.69. The molecule has 2 aromatic rings. The van der Waals surface area contributed by atoms with E-state index in [1.807, 2.05) is 24.3 Å². The minimum absolute atomic E-state index is 0.166. The van der Waals surface area contributed by atoms with Gasteiger partial charge >= 0.3 is 6.18 Å². The standard InChI is InChI=1S/C16H22F3N5OS/c1-12(2)23(11-16(17,18)19)9-6-10-26-15-20-21-22-24(15)13-7-4-5-8-14(13)25-3/h4-5,7-8,12H,6,9-11H2,1-3H3. The summed E-state index contributed by atoms with van der Waals surface area (Å²) in [6, 6.07) is 7.18. The van der Waals surface area contributed by atoms with Gasteiger partial charge in [-0.1, -0.05) is 23.9 Å². The van der Waals surface area contributed by atoms with Crippen LogP contribution in [0.1, 0.15) is 20.3 Å². The van der Waals surface area contributed by atoms with Gasteiger partial charge in [-0.15, -0.1) is 5.10 Å². The van der Waals surface area contributed by atoms with Crippen LogP contribution in [0, 0.1) is 0 Å². The molecule has 0 aliphatic heterocycles. The Morgan fingerprint density at radius 1 is 1.27 bits per heavy atom. The average Bonchev–Trinajstić information content (AvgIpc) is 3.04. The van der Waals surface area contributed by atoms with Gasteiger partial charge in [-0.25, -0.2) is 0 Å². The molecule has 0 unspecified atom stereocenters. The summed E-state index contributed by atoms with van der Waals surface area (Å²) in [4.78, 5) is 1.42. The Bertz CT molecular complexity index is 693. The molecule has 1 heterocycles. The van der Waals surface area contributed by atoms with Crippen LogP contribution in [0.15, 0.2) is 29.4 Å². The Morgan fingerprint density at radius 2 is 2.00 bits per heavy atom. The van der Waals surface area contributed by atoms with Crippen molar-refractivity contribution in [3.8, 4) is 11.4 Å². The number of rotatable bonds is 9. The van der Waals surface area contributed by atoms with Crippen LogP contribution < -0.4 is 4.74 Å². The summed E-state index contributed by atoms with van der Waals surface area (Å²) in [6.45, 7) is 3.00. The lowest BCUT2D eigenvalue weighted by Gasteiger charge is -2.27. The molecule has 2 rings (SSSR count). The predicted molar refractivity (Wildman–Crippen MR) is 93.8 cm³/mol. The highest BCUT2D eigenvalue weighted by Crippen LogP contribution is 2.26. The summed E-state index contributed by atoms with van der Waals surface area (Å²) < 4.78 is 44.7. The minimum atomic E-state index is -4.19. The van der Waals surface area contributed by atoms with E-state index in [2.05, 4.69) is 15.5 Å². The van der Waals surface area contributed by atoms with Crippen molar-refractivity contribution in [2.75, 3.05) is 26.0 Å². The van der Waals surface area contributed by atoms with Crippen LogP contribution in [0.25, 0.3) is 5.69 Å². The number of benzene rings is 1. The monoisotopic (exact) mass is 389 g/mol. The number of ether oxygens (including phenoxy) is 1. The molecular weight excluding hydrogens is 367 g/mol. The Balaban J connectivity index is 1.94. The molecule has 0 aliphatic rings. The maximum absolute atomic E-state index is 12.6. The summed E-state index contributed by atoms with van der Waals surface area (Å²) in [5, 5.41) is 12.2. The molecule has 0 spiro atoms. The first-order chi connectivity index (χ1) is 12.3. The van der Waals surface area contributed by atoms with E-state index in [0.717, 1.165) is 0 Å². The number of nitrogens with zero attached hydrogens (tertiary/aromatic N) is 5. The lowest BCUT2D eigenvalue weighted by molar-refractivity contribution is -0.149. The van der Waals surface area contributed by atoms with Gasteiger partial charge in [-0.3, -0.25) is 4.90 Å². The first kappa shape index (κ1) is 20.5. The smallest absolute Gasteiger partial charge is 0.401 e. The molecule has 1 aromatic heterocycles. The Morgan fingerprint density at radius 3 is 2.65 bits per heavy atom. The second kappa shape index (κ2) is 9.22. The van der Waals surface area contributed by atoms with Gasteiger partial charge in [0.25, 0.3) is 0 Å². The van der Waals surface area contributed by atoms with Gasteiger partial charge in [0.05, 0.1) is 13.7 Å². The first-order valence-corrected chi connectivity index (χ1v) is 9.15. The highest BCUT2D eigenvalue weighted by atomic mass is 32.2. The molecule has 0 saturated carbocycles. The third kappa shape index (κ3) is 5.87. The van der Waals surface area contributed by atoms with Gasteiger partial charge in [0.15, 0.2) is 0 Å². The Labute approximate surface area is 154 Å². The van der Waals surface area contributed by atoms with E-state index >= 15 is 0 Å². The Hall–Kier alpha value is -1.81. The number of para-hydroxylation sites is 2. The first-order valence-electron chi connectivity index (χ1n) is 8.17. The van der Waals surface area contributed by atoms with Crippen molar-refractivity contribution in [3.05, 3.63) is 24.3 Å². The SMILES string of the molecule is COc1ccccc1-n1nnnc1SCCCN(CC(F)(F)F)C(C)C. The molecule has 0 aliphatic carbocycles. The topological polar surface area (TPSA) is 56.1 Å². The second-order valence-corrected chi connectivity index (χ2v) is 6.99. The fraction of sp³-hybridized carbons (Fsp3) is 0.562. The van der Waals surface area contributed by atoms with E-state index in [0.29, 0.717) is 35.3 Å². The molecule has 0 amide bonds. The van der Waals surface area contributed by atoms with Crippen LogP contribution in [0.2, 0.25) is 0 Å². The summed E-state index contributed by atoms with van der Waals surface area (Å²) in [5.74, 6) is 1.24. The van der Waals surface area contributed by atoms with Crippen molar-refractivity contribution in [1.82, 2.24) is 25.1 Å². The molecular formula is C16H22F3N5OS. The fourth-order valence-corrected chi connectivity index (χ4v) is 3.21. The van der Waals surface area contributed by atoms with Gasteiger partial charge in [0.1, 0.15) is 11.4 Å². The van der Waals surface area contributed by atoms with E-state index in [4.69, 9.17) is 4.74 Å². The summed E-state index contributed by atoms with van der Waals surface area (Å²) in [7, 11) is 1.57. The molecule has 0 atom stereocenters. The second-order valence-electron chi connectivity index (χ2n) is 5.93. The zero-order valence-electron chi connectivity index (χ0n) is 14.9. The van der Waals surface area contributed by atoms with Crippen molar-refractivity contribution >= 4 is 11.8 Å². The number of methoxy groups -OCH3 is 1.